The predicted octanol–water partition coefficient (Wildman–Crippen LogP) is 7.77. The van der Waals surface area contributed by atoms with Gasteiger partial charge in [0.25, 0.3) is 0 Å². The Balaban J connectivity index is 1.46. The molecule has 4 rings (SSSR count). The molecule has 0 aliphatic rings. The normalized spacial score (nSPS) is 13.4. The molecule has 0 aliphatic carbocycles. The molecule has 0 radical (unpaired) electrons. The second-order valence-electron chi connectivity index (χ2n) is 14.6. The highest BCUT2D eigenvalue weighted by atomic mass is 19.4. The van der Waals surface area contributed by atoms with E-state index in [0.717, 1.165) is 45.9 Å². The van der Waals surface area contributed by atoms with Crippen molar-refractivity contribution in [3.63, 3.8) is 0 Å². The smallest absolute Gasteiger partial charge is 0.344 e. The molecule has 0 saturated carbocycles. The maximum atomic E-state index is 13.1. The molecule has 46 heavy (non-hydrogen) atoms. The maximum Gasteiger partial charge on any atom is 0.397 e. The third-order valence-corrected chi connectivity index (χ3v) is 7.44. The number of halogens is 3. The number of aromatic amines is 2. The number of imidazole rings is 2. The van der Waals surface area contributed by atoms with Crippen LogP contribution in [0.3, 0.4) is 0 Å². The number of rotatable bonds is 9. The van der Waals surface area contributed by atoms with Crippen molar-refractivity contribution < 1.29 is 22.8 Å². The van der Waals surface area contributed by atoms with Crippen molar-refractivity contribution in [2.24, 2.45) is 10.8 Å². The molecule has 11 heteroatoms. The summed E-state index contributed by atoms with van der Waals surface area (Å²) >= 11 is 0. The molecule has 0 saturated heterocycles. The van der Waals surface area contributed by atoms with Crippen LogP contribution in [0, 0.1) is 10.8 Å². The van der Waals surface area contributed by atoms with Crippen molar-refractivity contribution in [2.75, 3.05) is 0 Å². The van der Waals surface area contributed by atoms with Crippen LogP contribution in [0.2, 0.25) is 0 Å². The lowest BCUT2D eigenvalue weighted by Gasteiger charge is -2.34. The summed E-state index contributed by atoms with van der Waals surface area (Å²) in [6, 6.07) is 15.7. The van der Waals surface area contributed by atoms with Gasteiger partial charge in [0.15, 0.2) is 0 Å². The molecule has 2 aromatic heterocycles. The fraction of sp³-hybridized carbons (Fsp3) is 0.429. The molecule has 2 amide bonds. The molecule has 4 aromatic rings. The van der Waals surface area contributed by atoms with Crippen LogP contribution in [0.5, 0.6) is 0 Å². The Kier molecular flexibility index (Phi) is 9.57. The van der Waals surface area contributed by atoms with Gasteiger partial charge < -0.3 is 20.6 Å². The van der Waals surface area contributed by atoms with Crippen molar-refractivity contribution in [1.29, 1.82) is 0 Å². The van der Waals surface area contributed by atoms with Crippen LogP contribution in [0.25, 0.3) is 33.6 Å². The summed E-state index contributed by atoms with van der Waals surface area (Å²) < 4.78 is 38.0. The van der Waals surface area contributed by atoms with Gasteiger partial charge in [-0.25, -0.2) is 9.97 Å². The number of carbonyl (C=O) groups excluding carboxylic acids is 2. The van der Waals surface area contributed by atoms with Gasteiger partial charge in [-0.2, -0.15) is 13.2 Å². The van der Waals surface area contributed by atoms with E-state index in [0.29, 0.717) is 5.82 Å². The van der Waals surface area contributed by atoms with Gasteiger partial charge in [0, 0.05) is 6.42 Å². The van der Waals surface area contributed by atoms with Gasteiger partial charge in [0.1, 0.15) is 23.6 Å². The highest BCUT2D eigenvalue weighted by Gasteiger charge is 2.39. The summed E-state index contributed by atoms with van der Waals surface area (Å²) in [4.78, 5) is 40.8. The van der Waals surface area contributed by atoms with Gasteiger partial charge in [-0.3, -0.25) is 9.59 Å². The molecule has 4 N–H and O–H groups in total. The van der Waals surface area contributed by atoms with Gasteiger partial charge in [0.2, 0.25) is 11.8 Å². The third-order valence-electron chi connectivity index (χ3n) is 7.44. The molecule has 0 spiro atoms. The molecule has 8 nitrogen and oxygen atoms in total. The first-order chi connectivity index (χ1) is 21.2. The highest BCUT2D eigenvalue weighted by Crippen LogP contribution is 2.34. The standard InChI is InChI=1S/C35H43F3N6O2/c1-32(2,3)17-27-39-19-25(41-27)23-13-9-21(10-14-23)22-11-15-24(16-12-22)26-20-40-30(42-26)29(33(4,5)6)43-31(46)34(7,8)44-28(45)18-35(36,37)38/h9-16,19-20,29H,17-18H2,1-8H3,(H,39,41)(H,40,42)(H,43,46)(H,44,45). The minimum atomic E-state index is -4.67. The van der Waals surface area contributed by atoms with Crippen molar-refractivity contribution in [2.45, 2.75) is 86.0 Å². The summed E-state index contributed by atoms with van der Waals surface area (Å²) in [5.41, 5.74) is 3.83. The second-order valence-corrected chi connectivity index (χ2v) is 14.6. The largest absolute Gasteiger partial charge is 0.397 e. The quantitative estimate of drug-likeness (QED) is 0.150. The van der Waals surface area contributed by atoms with Gasteiger partial charge in [-0.1, -0.05) is 90.1 Å². The van der Waals surface area contributed by atoms with Crippen LogP contribution in [0.15, 0.2) is 60.9 Å². The fourth-order valence-electron chi connectivity index (χ4n) is 5.05. The van der Waals surface area contributed by atoms with Crippen LogP contribution in [-0.4, -0.2) is 43.5 Å². The summed E-state index contributed by atoms with van der Waals surface area (Å²) in [7, 11) is 0. The van der Waals surface area contributed by atoms with Gasteiger partial charge >= 0.3 is 6.18 Å². The van der Waals surface area contributed by atoms with E-state index in [1.54, 1.807) is 6.20 Å². The molecular formula is C35H43F3N6O2. The molecule has 1 unspecified atom stereocenters. The number of amides is 2. The first-order valence-corrected chi connectivity index (χ1v) is 15.2. The van der Waals surface area contributed by atoms with Gasteiger partial charge in [0.05, 0.1) is 29.8 Å². The number of nitrogens with one attached hydrogen (secondary N) is 4. The summed E-state index contributed by atoms with van der Waals surface area (Å²) in [5, 5.41) is 5.05. The Bertz CT molecular complexity index is 1650. The van der Waals surface area contributed by atoms with Gasteiger partial charge in [-0.15, -0.1) is 0 Å². The zero-order valence-electron chi connectivity index (χ0n) is 27.6. The van der Waals surface area contributed by atoms with E-state index in [1.807, 2.05) is 51.2 Å². The van der Waals surface area contributed by atoms with Crippen LogP contribution in [-0.2, 0) is 16.0 Å². The Labute approximate surface area is 268 Å². The minimum absolute atomic E-state index is 0.148. The number of carbonyl (C=O) groups is 2. The van der Waals surface area contributed by atoms with E-state index in [9.17, 15) is 22.8 Å². The Morgan fingerprint density at radius 1 is 0.739 bits per heavy atom. The lowest BCUT2D eigenvalue weighted by Crippen LogP contribution is -2.56. The van der Waals surface area contributed by atoms with Crippen LogP contribution < -0.4 is 10.6 Å². The minimum Gasteiger partial charge on any atom is -0.344 e. The maximum absolute atomic E-state index is 13.1. The van der Waals surface area contributed by atoms with Crippen LogP contribution in [0.4, 0.5) is 13.2 Å². The van der Waals surface area contributed by atoms with Crippen molar-refractivity contribution >= 4 is 11.8 Å². The summed E-state index contributed by atoms with van der Waals surface area (Å²) in [6.07, 6.45) is -1.92. The first-order valence-electron chi connectivity index (χ1n) is 15.2. The van der Waals surface area contributed by atoms with E-state index in [-0.39, 0.29) is 5.41 Å². The van der Waals surface area contributed by atoms with Crippen LogP contribution >= 0.6 is 0 Å². The van der Waals surface area contributed by atoms with Crippen molar-refractivity contribution in [1.82, 2.24) is 30.6 Å². The topological polar surface area (TPSA) is 116 Å². The molecule has 0 fully saturated rings. The summed E-state index contributed by atoms with van der Waals surface area (Å²) in [5.74, 6) is -0.452. The van der Waals surface area contributed by atoms with E-state index >= 15 is 0 Å². The Morgan fingerprint density at radius 2 is 1.22 bits per heavy atom. The number of H-pyrrole nitrogens is 2. The van der Waals surface area contributed by atoms with Gasteiger partial charge in [-0.05, 0) is 46.9 Å². The Hall–Kier alpha value is -4.41. The van der Waals surface area contributed by atoms with Crippen molar-refractivity contribution in [3.8, 4) is 33.6 Å². The molecule has 0 bridgehead atoms. The molecule has 0 aliphatic heterocycles. The van der Waals surface area contributed by atoms with Crippen LogP contribution in [0.1, 0.15) is 79.5 Å². The second kappa shape index (κ2) is 12.8. The zero-order valence-corrected chi connectivity index (χ0v) is 27.6. The average Bonchev–Trinajstić information content (AvgIpc) is 3.59. The number of benzene rings is 2. The van der Waals surface area contributed by atoms with E-state index in [1.165, 1.54) is 13.8 Å². The Morgan fingerprint density at radius 3 is 1.70 bits per heavy atom. The SMILES string of the molecule is CC(C)(C)Cc1ncc(-c2ccc(-c3ccc(-c4cnc(C(NC(=O)C(C)(C)NC(=O)CC(F)(F)F)C(C)(C)C)[nH]4)cc3)cc2)[nH]1. The molecular weight excluding hydrogens is 593 g/mol. The molecule has 2 aromatic carbocycles. The summed E-state index contributed by atoms with van der Waals surface area (Å²) in [6.45, 7) is 15.0. The lowest BCUT2D eigenvalue weighted by molar-refractivity contribution is -0.156. The fourth-order valence-corrected chi connectivity index (χ4v) is 5.05. The monoisotopic (exact) mass is 636 g/mol. The third kappa shape index (κ3) is 9.08. The molecule has 2 heterocycles. The highest BCUT2D eigenvalue weighted by molar-refractivity contribution is 5.91. The number of alkyl halides is 3. The number of hydrogen-bond acceptors (Lipinski definition) is 4. The number of hydrogen-bond donors (Lipinski definition) is 4. The van der Waals surface area contributed by atoms with Crippen molar-refractivity contribution in [3.05, 3.63) is 72.6 Å². The van der Waals surface area contributed by atoms with E-state index < -0.39 is 41.4 Å². The number of nitrogens with zero attached hydrogens (tertiary/aromatic N) is 2. The average molecular weight is 637 g/mol. The van der Waals surface area contributed by atoms with E-state index in [2.05, 4.69) is 75.6 Å². The predicted molar refractivity (Wildman–Crippen MR) is 173 cm³/mol. The number of aromatic nitrogens is 4. The zero-order chi connectivity index (χ0) is 34.1. The molecule has 1 atom stereocenters. The van der Waals surface area contributed by atoms with E-state index in [4.69, 9.17) is 0 Å². The molecule has 246 valence electrons. The lowest BCUT2D eigenvalue weighted by atomic mass is 9.85. The first kappa shape index (κ1) is 34.5.